The fraction of sp³-hybridized carbons (Fsp3) is 1.00. The van der Waals surface area contributed by atoms with Gasteiger partial charge in [0.25, 0.3) is 0 Å². The van der Waals surface area contributed by atoms with E-state index in [0.29, 0.717) is 12.8 Å². The predicted molar refractivity (Wildman–Crippen MR) is 76.5 cm³/mol. The molecule has 0 aromatic heterocycles. The smallest absolute Gasteiger partial charge is 0.223 e. The number of ether oxygens (including phenoxy) is 6. The highest BCUT2D eigenvalue weighted by Crippen LogP contribution is 2.50. The molecule has 0 amide bonds. The van der Waals surface area contributed by atoms with Gasteiger partial charge < -0.3 is 38.6 Å². The van der Waals surface area contributed by atoms with Gasteiger partial charge in [0.05, 0.1) is 6.61 Å². The molecule has 8 nitrogen and oxygen atoms in total. The van der Waals surface area contributed by atoms with Crippen LogP contribution in [0.15, 0.2) is 0 Å². The Kier molecular flexibility index (Phi) is 4.97. The molecule has 134 valence electrons. The van der Waals surface area contributed by atoms with Gasteiger partial charge in [-0.25, -0.2) is 0 Å². The molecular weight excluding hydrogens is 308 g/mol. The first kappa shape index (κ1) is 17.5. The lowest BCUT2D eigenvalue weighted by Crippen LogP contribution is -2.75. The SMILES string of the molecule is CO[C@H]1O[C@H](CO)[C@H]2O[C@@]3(OC)CCCC[C@]3(OC)O[C@@H]2[C@@H]1O. The molecular formula is C15H26O8. The molecule has 0 aromatic rings. The number of methoxy groups -OCH3 is 3. The molecule has 3 fully saturated rings. The van der Waals surface area contributed by atoms with E-state index in [1.54, 1.807) is 14.2 Å². The zero-order valence-electron chi connectivity index (χ0n) is 13.8. The summed E-state index contributed by atoms with van der Waals surface area (Å²) in [4.78, 5) is 0. The molecule has 3 aliphatic rings. The lowest BCUT2D eigenvalue weighted by atomic mass is 9.83. The van der Waals surface area contributed by atoms with Crippen molar-refractivity contribution in [2.75, 3.05) is 27.9 Å². The molecule has 3 rings (SSSR count). The Morgan fingerprint density at radius 3 is 2.04 bits per heavy atom. The third kappa shape index (κ3) is 2.52. The number of aliphatic hydroxyl groups is 2. The highest BCUT2D eigenvalue weighted by atomic mass is 16.8. The van der Waals surface area contributed by atoms with Crippen LogP contribution in [0.25, 0.3) is 0 Å². The van der Waals surface area contributed by atoms with E-state index in [1.807, 2.05) is 0 Å². The number of hydrogen-bond acceptors (Lipinski definition) is 8. The Balaban J connectivity index is 1.95. The van der Waals surface area contributed by atoms with Crippen LogP contribution in [0.1, 0.15) is 25.7 Å². The second kappa shape index (κ2) is 6.53. The number of fused-ring (bicyclic) bond motifs is 2. The average Bonchev–Trinajstić information content (AvgIpc) is 2.60. The summed E-state index contributed by atoms with van der Waals surface area (Å²) in [5.74, 6) is -2.19. The van der Waals surface area contributed by atoms with Crippen LogP contribution in [-0.4, -0.2) is 80.4 Å². The van der Waals surface area contributed by atoms with E-state index in [9.17, 15) is 10.2 Å². The molecule has 7 atom stereocenters. The molecule has 0 radical (unpaired) electrons. The van der Waals surface area contributed by atoms with Gasteiger partial charge in [-0.15, -0.1) is 0 Å². The van der Waals surface area contributed by atoms with Gasteiger partial charge in [0.15, 0.2) is 6.29 Å². The number of hydrogen-bond donors (Lipinski definition) is 2. The van der Waals surface area contributed by atoms with E-state index in [0.717, 1.165) is 12.8 Å². The monoisotopic (exact) mass is 334 g/mol. The van der Waals surface area contributed by atoms with Crippen LogP contribution in [0.2, 0.25) is 0 Å². The molecule has 2 saturated heterocycles. The van der Waals surface area contributed by atoms with Gasteiger partial charge >= 0.3 is 0 Å². The van der Waals surface area contributed by atoms with E-state index in [2.05, 4.69) is 0 Å². The minimum atomic E-state index is -1.10. The summed E-state index contributed by atoms with van der Waals surface area (Å²) in [5, 5.41) is 20.1. The van der Waals surface area contributed by atoms with Crippen molar-refractivity contribution in [2.45, 2.75) is 68.0 Å². The number of rotatable bonds is 4. The topological polar surface area (TPSA) is 95.8 Å². The number of aliphatic hydroxyl groups excluding tert-OH is 2. The van der Waals surface area contributed by atoms with E-state index < -0.39 is 42.3 Å². The summed E-state index contributed by atoms with van der Waals surface area (Å²) < 4.78 is 34.5. The van der Waals surface area contributed by atoms with Gasteiger partial charge in [-0.2, -0.15) is 0 Å². The normalized spacial score (nSPS) is 50.2. The fourth-order valence-corrected chi connectivity index (χ4v) is 3.96. The molecule has 1 saturated carbocycles. The Labute approximate surface area is 135 Å². The molecule has 0 bridgehead atoms. The van der Waals surface area contributed by atoms with Crippen LogP contribution >= 0.6 is 0 Å². The zero-order chi connectivity index (χ0) is 16.7. The molecule has 0 unspecified atom stereocenters. The maximum absolute atomic E-state index is 10.5. The minimum Gasteiger partial charge on any atom is -0.394 e. The van der Waals surface area contributed by atoms with Crippen LogP contribution in [0, 0.1) is 0 Å². The van der Waals surface area contributed by atoms with Gasteiger partial charge in [0.1, 0.15) is 24.4 Å². The van der Waals surface area contributed by atoms with Crippen molar-refractivity contribution in [3.63, 3.8) is 0 Å². The summed E-state index contributed by atoms with van der Waals surface area (Å²) in [7, 11) is 4.53. The Morgan fingerprint density at radius 2 is 1.57 bits per heavy atom. The first-order chi connectivity index (χ1) is 11.1. The minimum absolute atomic E-state index is 0.281. The maximum Gasteiger partial charge on any atom is 0.223 e. The van der Waals surface area contributed by atoms with Crippen molar-refractivity contribution in [3.8, 4) is 0 Å². The zero-order valence-corrected chi connectivity index (χ0v) is 13.8. The summed E-state index contributed by atoms with van der Waals surface area (Å²) in [6.07, 6.45) is -1.05. The Bertz CT molecular complexity index is 420. The van der Waals surface area contributed by atoms with Crippen LogP contribution < -0.4 is 0 Å². The van der Waals surface area contributed by atoms with Crippen molar-refractivity contribution in [2.24, 2.45) is 0 Å². The van der Waals surface area contributed by atoms with Crippen molar-refractivity contribution in [1.82, 2.24) is 0 Å². The van der Waals surface area contributed by atoms with Crippen LogP contribution in [0.3, 0.4) is 0 Å². The molecule has 2 N–H and O–H groups in total. The second-order valence-corrected chi connectivity index (χ2v) is 6.24. The molecule has 2 heterocycles. The van der Waals surface area contributed by atoms with Crippen LogP contribution in [-0.2, 0) is 28.4 Å². The van der Waals surface area contributed by atoms with Gasteiger partial charge in [-0.1, -0.05) is 0 Å². The first-order valence-electron chi connectivity index (χ1n) is 7.99. The molecule has 23 heavy (non-hydrogen) atoms. The Morgan fingerprint density at radius 1 is 1.00 bits per heavy atom. The maximum atomic E-state index is 10.5. The lowest BCUT2D eigenvalue weighted by Gasteiger charge is -2.59. The van der Waals surface area contributed by atoms with E-state index >= 15 is 0 Å². The van der Waals surface area contributed by atoms with Crippen molar-refractivity contribution < 1.29 is 38.6 Å². The largest absolute Gasteiger partial charge is 0.394 e. The average molecular weight is 334 g/mol. The van der Waals surface area contributed by atoms with Gasteiger partial charge in [-0.05, 0) is 12.8 Å². The van der Waals surface area contributed by atoms with Gasteiger partial charge in [-0.3, -0.25) is 0 Å². The summed E-state index contributed by atoms with van der Waals surface area (Å²) in [5.41, 5.74) is 0. The molecule has 0 aromatic carbocycles. The Hall–Kier alpha value is -0.320. The molecule has 1 aliphatic carbocycles. The standard InChI is InChI=1S/C15H26O8/c1-18-13-10(17)12-11(9(8-16)21-13)22-14(19-2)6-4-5-7-15(14,20-3)23-12/h9-13,16-17H,4-8H2,1-3H3/t9-,10+,11-,12-,13+,14+,15+/m1/s1. The summed E-state index contributed by atoms with van der Waals surface area (Å²) >= 11 is 0. The lowest BCUT2D eigenvalue weighted by molar-refractivity contribution is -0.496. The van der Waals surface area contributed by atoms with E-state index in [1.165, 1.54) is 7.11 Å². The first-order valence-corrected chi connectivity index (χ1v) is 7.99. The van der Waals surface area contributed by atoms with Crippen LogP contribution in [0.5, 0.6) is 0 Å². The molecule has 0 spiro atoms. The molecule has 2 aliphatic heterocycles. The van der Waals surface area contributed by atoms with Crippen molar-refractivity contribution in [3.05, 3.63) is 0 Å². The van der Waals surface area contributed by atoms with Gasteiger partial charge in [0, 0.05) is 34.2 Å². The third-order valence-electron chi connectivity index (χ3n) is 5.18. The highest BCUT2D eigenvalue weighted by molar-refractivity contribution is 5.04. The fourth-order valence-electron chi connectivity index (χ4n) is 3.96. The van der Waals surface area contributed by atoms with Crippen molar-refractivity contribution >= 4 is 0 Å². The van der Waals surface area contributed by atoms with Crippen LogP contribution in [0.4, 0.5) is 0 Å². The van der Waals surface area contributed by atoms with Crippen molar-refractivity contribution in [1.29, 1.82) is 0 Å². The second-order valence-electron chi connectivity index (χ2n) is 6.24. The van der Waals surface area contributed by atoms with E-state index in [4.69, 9.17) is 28.4 Å². The quantitative estimate of drug-likeness (QED) is 0.727. The van der Waals surface area contributed by atoms with E-state index in [-0.39, 0.29) is 6.61 Å². The predicted octanol–water partition coefficient (Wildman–Crippen LogP) is -0.246. The third-order valence-corrected chi connectivity index (χ3v) is 5.18. The van der Waals surface area contributed by atoms with Gasteiger partial charge in [0.2, 0.25) is 11.6 Å². The molecule has 8 heteroatoms. The highest BCUT2D eigenvalue weighted by Gasteiger charge is 2.66. The summed E-state index contributed by atoms with van der Waals surface area (Å²) in [6, 6.07) is 0. The summed E-state index contributed by atoms with van der Waals surface area (Å²) in [6.45, 7) is -0.281.